The molecule has 0 amide bonds. The summed E-state index contributed by atoms with van der Waals surface area (Å²) in [5.41, 5.74) is 1.31. The highest BCUT2D eigenvalue weighted by Crippen LogP contribution is 2.23. The molecule has 3 nitrogen and oxygen atoms in total. The van der Waals surface area contributed by atoms with Gasteiger partial charge in [-0.1, -0.05) is 12.1 Å². The Kier molecular flexibility index (Phi) is 2.46. The zero-order valence-corrected chi connectivity index (χ0v) is 7.96. The van der Waals surface area contributed by atoms with Crippen molar-refractivity contribution in [2.75, 3.05) is 0 Å². The van der Waals surface area contributed by atoms with Crippen LogP contribution < -0.4 is 5.32 Å². The molecule has 0 aromatic heterocycles. The fourth-order valence-electron chi connectivity index (χ4n) is 1.27. The van der Waals surface area contributed by atoms with Crippen molar-refractivity contribution in [3.8, 4) is 11.5 Å². The summed E-state index contributed by atoms with van der Waals surface area (Å²) >= 11 is 0. The summed E-state index contributed by atoms with van der Waals surface area (Å²) < 4.78 is 0. The molecule has 0 aliphatic carbocycles. The lowest BCUT2D eigenvalue weighted by atomic mass is 10.2. The summed E-state index contributed by atoms with van der Waals surface area (Å²) in [6.45, 7) is 0. The van der Waals surface area contributed by atoms with Crippen molar-refractivity contribution in [3.63, 3.8) is 0 Å². The number of benzene rings is 2. The monoisotopic (exact) mass is 200 g/mol. The number of hydrogen-bond donors (Lipinski definition) is 2. The summed E-state index contributed by atoms with van der Waals surface area (Å²) in [4.78, 5) is 0. The number of phenols is 2. The summed E-state index contributed by atoms with van der Waals surface area (Å²) in [6.07, 6.45) is 0. The molecule has 0 bridgehead atoms. The highest BCUT2D eigenvalue weighted by molar-refractivity contribution is 5.52. The van der Waals surface area contributed by atoms with Crippen LogP contribution in [0.2, 0.25) is 0 Å². The largest absolute Gasteiger partial charge is 0.508 e. The average molecular weight is 200 g/mol. The minimum absolute atomic E-state index is 0.177. The second-order valence-corrected chi connectivity index (χ2v) is 3.15. The normalized spacial score (nSPS) is 9.87. The predicted molar refractivity (Wildman–Crippen MR) is 57.7 cm³/mol. The maximum absolute atomic E-state index is 9.24. The van der Waals surface area contributed by atoms with Crippen molar-refractivity contribution in [3.05, 3.63) is 48.5 Å². The Morgan fingerprint density at radius 1 is 0.733 bits per heavy atom. The van der Waals surface area contributed by atoms with Gasteiger partial charge in [0.15, 0.2) is 0 Å². The van der Waals surface area contributed by atoms with Crippen LogP contribution in [-0.4, -0.2) is 10.2 Å². The van der Waals surface area contributed by atoms with E-state index in [1.165, 1.54) is 0 Å². The van der Waals surface area contributed by atoms with Crippen LogP contribution in [0.3, 0.4) is 0 Å². The number of aromatic hydroxyl groups is 2. The fraction of sp³-hybridized carbons (Fsp3) is 0. The zero-order chi connectivity index (χ0) is 10.7. The Hall–Kier alpha value is -2.16. The van der Waals surface area contributed by atoms with Crippen LogP contribution in [-0.2, 0) is 0 Å². The SMILES string of the molecule is Oc1cccc([N]c2cccc(O)c2)c1. The molecule has 0 unspecified atom stereocenters. The molecular weight excluding hydrogens is 190 g/mol. The Morgan fingerprint density at radius 3 is 1.60 bits per heavy atom. The topological polar surface area (TPSA) is 54.6 Å². The molecule has 0 aliphatic heterocycles. The Bertz CT molecular complexity index is 425. The van der Waals surface area contributed by atoms with Crippen LogP contribution in [0.15, 0.2) is 48.5 Å². The lowest BCUT2D eigenvalue weighted by molar-refractivity contribution is 0.475. The third-order valence-electron chi connectivity index (χ3n) is 1.92. The lowest BCUT2D eigenvalue weighted by Gasteiger charge is -2.03. The number of nitrogens with zero attached hydrogens (tertiary/aromatic N) is 1. The van der Waals surface area contributed by atoms with Crippen LogP contribution in [0, 0.1) is 0 Å². The maximum Gasteiger partial charge on any atom is 0.117 e. The molecule has 0 fully saturated rings. The molecule has 15 heavy (non-hydrogen) atoms. The summed E-state index contributed by atoms with van der Waals surface area (Å²) in [5.74, 6) is 0.354. The zero-order valence-electron chi connectivity index (χ0n) is 7.96. The standard InChI is InChI=1S/C12H10NO2/c14-11-5-1-3-9(7-11)13-10-4-2-6-12(15)8-10/h1-8,14-15H. The lowest BCUT2D eigenvalue weighted by Crippen LogP contribution is -1.87. The smallest absolute Gasteiger partial charge is 0.117 e. The maximum atomic E-state index is 9.24. The van der Waals surface area contributed by atoms with Crippen molar-refractivity contribution in [1.29, 1.82) is 0 Å². The number of hydrogen-bond acceptors (Lipinski definition) is 2. The molecule has 0 atom stereocenters. The van der Waals surface area contributed by atoms with E-state index in [-0.39, 0.29) is 11.5 Å². The minimum atomic E-state index is 0.177. The molecular formula is C12H10NO2. The van der Waals surface area contributed by atoms with Crippen molar-refractivity contribution < 1.29 is 10.2 Å². The average Bonchev–Trinajstić information content (AvgIpc) is 2.17. The second-order valence-electron chi connectivity index (χ2n) is 3.15. The van der Waals surface area contributed by atoms with Crippen molar-refractivity contribution in [2.45, 2.75) is 0 Å². The van der Waals surface area contributed by atoms with Gasteiger partial charge in [0.2, 0.25) is 0 Å². The van der Waals surface area contributed by atoms with Gasteiger partial charge < -0.3 is 10.2 Å². The van der Waals surface area contributed by atoms with Crippen molar-refractivity contribution in [1.82, 2.24) is 5.32 Å². The van der Waals surface area contributed by atoms with Gasteiger partial charge in [-0.05, 0) is 24.3 Å². The van der Waals surface area contributed by atoms with E-state index in [2.05, 4.69) is 5.32 Å². The summed E-state index contributed by atoms with van der Waals surface area (Å²) in [6, 6.07) is 13.3. The molecule has 0 saturated carbocycles. The van der Waals surface area contributed by atoms with Crippen molar-refractivity contribution >= 4 is 11.4 Å². The van der Waals surface area contributed by atoms with Gasteiger partial charge in [-0.2, -0.15) is 0 Å². The molecule has 0 saturated heterocycles. The van der Waals surface area contributed by atoms with Gasteiger partial charge >= 0.3 is 0 Å². The summed E-state index contributed by atoms with van der Waals surface area (Å²) in [5, 5.41) is 22.7. The third-order valence-corrected chi connectivity index (χ3v) is 1.92. The van der Waals surface area contributed by atoms with Gasteiger partial charge in [0.25, 0.3) is 0 Å². The van der Waals surface area contributed by atoms with E-state index >= 15 is 0 Å². The molecule has 2 N–H and O–H groups in total. The van der Waals surface area contributed by atoms with E-state index in [1.807, 2.05) is 0 Å². The van der Waals surface area contributed by atoms with Gasteiger partial charge in [-0.15, -0.1) is 0 Å². The molecule has 2 aromatic rings. The van der Waals surface area contributed by atoms with Gasteiger partial charge in [0, 0.05) is 12.1 Å². The first kappa shape index (κ1) is 9.40. The highest BCUT2D eigenvalue weighted by atomic mass is 16.3. The molecule has 2 rings (SSSR count). The molecule has 2 aromatic carbocycles. The molecule has 0 heterocycles. The van der Waals surface area contributed by atoms with E-state index in [1.54, 1.807) is 48.5 Å². The third kappa shape index (κ3) is 2.40. The van der Waals surface area contributed by atoms with Crippen LogP contribution in [0.4, 0.5) is 11.4 Å². The van der Waals surface area contributed by atoms with Crippen molar-refractivity contribution in [2.24, 2.45) is 0 Å². The quantitative estimate of drug-likeness (QED) is 0.783. The van der Waals surface area contributed by atoms with E-state index in [9.17, 15) is 10.2 Å². The fourth-order valence-corrected chi connectivity index (χ4v) is 1.27. The van der Waals surface area contributed by atoms with Gasteiger partial charge in [0.05, 0.1) is 11.4 Å². The minimum Gasteiger partial charge on any atom is -0.508 e. The van der Waals surface area contributed by atoms with Crippen LogP contribution >= 0.6 is 0 Å². The first-order valence-electron chi connectivity index (χ1n) is 4.54. The number of rotatable bonds is 2. The van der Waals surface area contributed by atoms with E-state index in [0.717, 1.165) is 0 Å². The Balaban J connectivity index is 2.22. The van der Waals surface area contributed by atoms with Crippen LogP contribution in [0.1, 0.15) is 0 Å². The summed E-state index contributed by atoms with van der Waals surface area (Å²) in [7, 11) is 0. The molecule has 75 valence electrons. The Labute approximate surface area is 87.6 Å². The van der Waals surface area contributed by atoms with Gasteiger partial charge in [-0.3, -0.25) is 0 Å². The number of phenolic OH excluding ortho intramolecular Hbond substituents is 2. The molecule has 0 aliphatic rings. The first-order valence-corrected chi connectivity index (χ1v) is 4.54. The van der Waals surface area contributed by atoms with Gasteiger partial charge in [0.1, 0.15) is 11.5 Å². The van der Waals surface area contributed by atoms with Gasteiger partial charge in [-0.25, -0.2) is 5.32 Å². The predicted octanol–water partition coefficient (Wildman–Crippen LogP) is 2.67. The van der Waals surface area contributed by atoms with Crippen LogP contribution in [0.5, 0.6) is 11.5 Å². The second kappa shape index (κ2) is 3.92. The van der Waals surface area contributed by atoms with Crippen LogP contribution in [0.25, 0.3) is 0 Å². The first-order chi connectivity index (χ1) is 7.24. The van der Waals surface area contributed by atoms with E-state index < -0.39 is 0 Å². The highest BCUT2D eigenvalue weighted by Gasteiger charge is 1.98. The Morgan fingerprint density at radius 2 is 1.20 bits per heavy atom. The molecule has 3 heteroatoms. The van der Waals surface area contributed by atoms with E-state index in [4.69, 9.17) is 0 Å². The molecule has 1 radical (unpaired) electrons. The van der Waals surface area contributed by atoms with E-state index in [0.29, 0.717) is 11.4 Å². The molecule has 0 spiro atoms.